The second-order valence-electron chi connectivity index (χ2n) is 5.72. The number of aromatic nitrogens is 2. The quantitative estimate of drug-likeness (QED) is 0.570. The second-order valence-corrected chi connectivity index (χ2v) is 5.72. The molecule has 0 spiro atoms. The van der Waals surface area contributed by atoms with Gasteiger partial charge < -0.3 is 14.1 Å². The summed E-state index contributed by atoms with van der Waals surface area (Å²) < 4.78 is 11.7. The molecule has 2 aromatic carbocycles. The maximum atomic E-state index is 12.2. The number of nitrogens with zero attached hydrogens (tertiary/aromatic N) is 1. The highest BCUT2D eigenvalue weighted by atomic mass is 16.5. The van der Waals surface area contributed by atoms with Crippen molar-refractivity contribution < 1.29 is 13.9 Å². The van der Waals surface area contributed by atoms with Gasteiger partial charge in [-0.2, -0.15) is 0 Å². The lowest BCUT2D eigenvalue weighted by Crippen LogP contribution is -2.20. The van der Waals surface area contributed by atoms with Crippen LogP contribution in [0.4, 0.5) is 0 Å². The first-order valence-corrected chi connectivity index (χ1v) is 8.01. The van der Waals surface area contributed by atoms with Crippen LogP contribution >= 0.6 is 0 Å². The van der Waals surface area contributed by atoms with Crippen LogP contribution in [0.5, 0.6) is 0 Å². The van der Waals surface area contributed by atoms with Gasteiger partial charge in [0.1, 0.15) is 12.3 Å². The van der Waals surface area contributed by atoms with Crippen molar-refractivity contribution in [1.82, 2.24) is 9.55 Å². The smallest absolute Gasteiger partial charge is 0.420 e. The predicted octanol–water partition coefficient (Wildman–Crippen LogP) is 2.29. The van der Waals surface area contributed by atoms with Crippen LogP contribution in [0.25, 0.3) is 21.9 Å². The van der Waals surface area contributed by atoms with E-state index in [1.165, 1.54) is 4.57 Å². The maximum Gasteiger partial charge on any atom is 0.420 e. The largest absolute Gasteiger partial charge is 0.459 e. The van der Waals surface area contributed by atoms with Crippen LogP contribution < -0.4 is 11.3 Å². The van der Waals surface area contributed by atoms with Gasteiger partial charge in [-0.3, -0.25) is 9.36 Å². The number of pyridine rings is 1. The summed E-state index contributed by atoms with van der Waals surface area (Å²) in [7, 11) is 0. The molecule has 4 aromatic rings. The highest BCUT2D eigenvalue weighted by molar-refractivity contribution is 5.92. The average Bonchev–Trinajstić information content (AvgIpc) is 2.97. The van der Waals surface area contributed by atoms with Crippen LogP contribution in [0.1, 0.15) is 10.5 Å². The molecule has 0 aliphatic heterocycles. The Morgan fingerprint density at radius 3 is 2.73 bits per heavy atom. The molecule has 0 aliphatic rings. The van der Waals surface area contributed by atoms with Crippen LogP contribution in [0.2, 0.25) is 0 Å². The zero-order valence-corrected chi connectivity index (χ0v) is 13.6. The standard InChI is InChI=1S/C19H14N2O5/c22-17-13-6-2-1-5-12(13)11-14(20-17)18(23)25-10-9-21-15-7-3-4-8-16(15)26-19(21)24/h1-8,11H,9-10H2,(H,20,22). The number of ether oxygens (including phenoxy) is 1. The first-order chi connectivity index (χ1) is 12.6. The molecule has 0 saturated carbocycles. The van der Waals surface area contributed by atoms with Crippen molar-refractivity contribution in [2.24, 2.45) is 0 Å². The van der Waals surface area contributed by atoms with Gasteiger partial charge in [0.05, 0.1) is 12.1 Å². The van der Waals surface area contributed by atoms with E-state index in [1.54, 1.807) is 54.6 Å². The zero-order chi connectivity index (χ0) is 18.1. The Labute approximate surface area is 146 Å². The van der Waals surface area contributed by atoms with Gasteiger partial charge in [-0.05, 0) is 29.7 Å². The fourth-order valence-corrected chi connectivity index (χ4v) is 2.85. The third kappa shape index (κ3) is 2.79. The van der Waals surface area contributed by atoms with Crippen molar-refractivity contribution in [2.75, 3.05) is 6.61 Å². The lowest BCUT2D eigenvalue weighted by Gasteiger charge is -2.06. The van der Waals surface area contributed by atoms with Gasteiger partial charge in [0.25, 0.3) is 5.56 Å². The maximum absolute atomic E-state index is 12.2. The Morgan fingerprint density at radius 1 is 1.08 bits per heavy atom. The summed E-state index contributed by atoms with van der Waals surface area (Å²) in [5, 5.41) is 1.15. The molecule has 2 heterocycles. The summed E-state index contributed by atoms with van der Waals surface area (Å²) in [4.78, 5) is 38.7. The van der Waals surface area contributed by atoms with Crippen LogP contribution in [-0.4, -0.2) is 22.1 Å². The Morgan fingerprint density at radius 2 is 1.85 bits per heavy atom. The number of para-hydroxylation sites is 2. The van der Waals surface area contributed by atoms with Crippen molar-refractivity contribution in [3.05, 3.63) is 81.2 Å². The number of hydrogen-bond donors (Lipinski definition) is 1. The van der Waals surface area contributed by atoms with Gasteiger partial charge in [-0.15, -0.1) is 0 Å². The number of H-pyrrole nitrogens is 1. The monoisotopic (exact) mass is 350 g/mol. The van der Waals surface area contributed by atoms with Crippen LogP contribution in [-0.2, 0) is 11.3 Å². The van der Waals surface area contributed by atoms with E-state index in [2.05, 4.69) is 4.98 Å². The summed E-state index contributed by atoms with van der Waals surface area (Å²) in [6.45, 7) is 0.122. The number of oxazole rings is 1. The van der Waals surface area contributed by atoms with Gasteiger partial charge in [0.2, 0.25) is 0 Å². The zero-order valence-electron chi connectivity index (χ0n) is 13.6. The lowest BCUT2D eigenvalue weighted by atomic mass is 10.1. The lowest BCUT2D eigenvalue weighted by molar-refractivity contribution is 0.0483. The average molecular weight is 350 g/mol. The van der Waals surface area contributed by atoms with E-state index in [0.717, 1.165) is 0 Å². The normalized spacial score (nSPS) is 11.1. The van der Waals surface area contributed by atoms with Crippen LogP contribution in [0.15, 0.2) is 68.6 Å². The molecule has 26 heavy (non-hydrogen) atoms. The summed E-state index contributed by atoms with van der Waals surface area (Å²) in [6, 6.07) is 15.5. The topological polar surface area (TPSA) is 94.3 Å². The molecule has 0 bridgehead atoms. The molecule has 0 amide bonds. The van der Waals surface area contributed by atoms with Crippen LogP contribution in [0.3, 0.4) is 0 Å². The molecule has 0 aliphatic carbocycles. The van der Waals surface area contributed by atoms with Gasteiger partial charge in [-0.25, -0.2) is 9.59 Å². The minimum absolute atomic E-state index is 0.0306. The van der Waals surface area contributed by atoms with Gasteiger partial charge in [0.15, 0.2) is 5.58 Å². The Balaban J connectivity index is 1.51. The molecule has 0 saturated heterocycles. The van der Waals surface area contributed by atoms with Gasteiger partial charge in [0, 0.05) is 5.39 Å². The van der Waals surface area contributed by atoms with Crippen molar-refractivity contribution in [1.29, 1.82) is 0 Å². The van der Waals surface area contributed by atoms with E-state index in [0.29, 0.717) is 21.9 Å². The van der Waals surface area contributed by atoms with Crippen molar-refractivity contribution in [2.45, 2.75) is 6.54 Å². The first kappa shape index (κ1) is 15.9. The predicted molar refractivity (Wildman–Crippen MR) is 95.3 cm³/mol. The van der Waals surface area contributed by atoms with E-state index in [-0.39, 0.29) is 24.4 Å². The molecule has 7 heteroatoms. The fourth-order valence-electron chi connectivity index (χ4n) is 2.85. The number of hydrogen-bond acceptors (Lipinski definition) is 5. The number of fused-ring (bicyclic) bond motifs is 2. The molecule has 0 atom stereocenters. The minimum Gasteiger partial charge on any atom is -0.459 e. The van der Waals surface area contributed by atoms with Crippen molar-refractivity contribution >= 4 is 27.8 Å². The number of aromatic amines is 1. The van der Waals surface area contributed by atoms with E-state index >= 15 is 0 Å². The number of carbonyl (C=O) groups excluding carboxylic acids is 1. The number of rotatable bonds is 4. The molecule has 7 nitrogen and oxygen atoms in total. The third-order valence-corrected chi connectivity index (χ3v) is 4.10. The second kappa shape index (κ2) is 6.36. The molecule has 0 radical (unpaired) electrons. The van der Waals surface area contributed by atoms with Gasteiger partial charge in [-0.1, -0.05) is 30.3 Å². The molecule has 130 valence electrons. The number of carbonyl (C=O) groups is 1. The third-order valence-electron chi connectivity index (χ3n) is 4.10. The molecule has 0 unspecified atom stereocenters. The van der Waals surface area contributed by atoms with Crippen molar-refractivity contribution in [3.8, 4) is 0 Å². The van der Waals surface area contributed by atoms with Gasteiger partial charge >= 0.3 is 11.7 Å². The molecule has 2 aromatic heterocycles. The Kier molecular flexibility index (Phi) is 3.89. The van der Waals surface area contributed by atoms with E-state index in [9.17, 15) is 14.4 Å². The van der Waals surface area contributed by atoms with E-state index in [1.807, 2.05) is 0 Å². The number of nitrogens with one attached hydrogen (secondary N) is 1. The molecular weight excluding hydrogens is 336 g/mol. The Bertz CT molecular complexity index is 1230. The summed E-state index contributed by atoms with van der Waals surface area (Å²) in [5.41, 5.74) is 0.820. The Hall–Kier alpha value is -3.61. The highest BCUT2D eigenvalue weighted by Gasteiger charge is 2.12. The molecule has 4 rings (SSSR count). The molecule has 0 fully saturated rings. The highest BCUT2D eigenvalue weighted by Crippen LogP contribution is 2.12. The first-order valence-electron chi connectivity index (χ1n) is 8.01. The van der Waals surface area contributed by atoms with Crippen molar-refractivity contribution in [3.63, 3.8) is 0 Å². The minimum atomic E-state index is -0.659. The van der Waals surface area contributed by atoms with E-state index in [4.69, 9.17) is 9.15 Å². The summed E-state index contributed by atoms with van der Waals surface area (Å²) in [5.74, 6) is -1.17. The number of benzene rings is 2. The molecule has 1 N–H and O–H groups in total. The van der Waals surface area contributed by atoms with E-state index < -0.39 is 11.7 Å². The number of esters is 1. The summed E-state index contributed by atoms with van der Waals surface area (Å²) >= 11 is 0. The summed E-state index contributed by atoms with van der Waals surface area (Å²) in [6.07, 6.45) is 0. The molecular formula is C19H14N2O5. The van der Waals surface area contributed by atoms with Crippen LogP contribution in [0, 0.1) is 0 Å². The fraction of sp³-hybridized carbons (Fsp3) is 0.105. The SMILES string of the molecule is O=C(OCCn1c(=O)oc2ccccc21)c1cc2ccccc2c(=O)[nH]1.